The largest absolute Gasteiger partial charge is 0.290 e. The summed E-state index contributed by atoms with van der Waals surface area (Å²) in [6.07, 6.45) is 7.94. The molecule has 1 atom stereocenters. The van der Waals surface area contributed by atoms with E-state index in [1.165, 1.54) is 0 Å². The highest BCUT2D eigenvalue weighted by Gasteiger charge is 2.00. The third-order valence-electron chi connectivity index (χ3n) is 1.26. The van der Waals surface area contributed by atoms with Crippen LogP contribution in [0.15, 0.2) is 17.1 Å². The SMILES string of the molecule is [CH2]CC1CC=CC=N1. The summed E-state index contributed by atoms with van der Waals surface area (Å²) in [6.45, 7) is 3.76. The second-order valence-corrected chi connectivity index (χ2v) is 1.90. The molecule has 1 nitrogen and oxygen atoms in total. The van der Waals surface area contributed by atoms with Crippen molar-refractivity contribution < 1.29 is 0 Å². The molecular formula is C7H10N. The third-order valence-corrected chi connectivity index (χ3v) is 1.26. The first-order chi connectivity index (χ1) is 3.93. The van der Waals surface area contributed by atoms with Gasteiger partial charge >= 0.3 is 0 Å². The molecular weight excluding hydrogens is 98.1 g/mol. The predicted octanol–water partition coefficient (Wildman–Crippen LogP) is 1.61. The van der Waals surface area contributed by atoms with Crippen LogP contribution in [-0.2, 0) is 0 Å². The lowest BCUT2D eigenvalue weighted by Crippen LogP contribution is -2.03. The van der Waals surface area contributed by atoms with Gasteiger partial charge in [0.2, 0.25) is 0 Å². The lowest BCUT2D eigenvalue weighted by Gasteiger charge is -2.07. The summed E-state index contributed by atoms with van der Waals surface area (Å²) >= 11 is 0. The van der Waals surface area contributed by atoms with Gasteiger partial charge in [0, 0.05) is 6.21 Å². The maximum absolute atomic E-state index is 4.17. The minimum atomic E-state index is 0.458. The molecule has 1 aliphatic rings. The van der Waals surface area contributed by atoms with Crippen LogP contribution >= 0.6 is 0 Å². The van der Waals surface area contributed by atoms with Crippen molar-refractivity contribution in [2.24, 2.45) is 4.99 Å². The Balaban J connectivity index is 2.40. The molecule has 0 spiro atoms. The van der Waals surface area contributed by atoms with E-state index in [9.17, 15) is 0 Å². The highest BCUT2D eigenvalue weighted by atomic mass is 14.8. The van der Waals surface area contributed by atoms with Crippen LogP contribution in [0.5, 0.6) is 0 Å². The molecule has 1 rings (SSSR count). The Hall–Kier alpha value is -0.590. The Kier molecular flexibility index (Phi) is 1.84. The van der Waals surface area contributed by atoms with E-state index in [1.54, 1.807) is 0 Å². The molecule has 1 unspecified atom stereocenters. The molecule has 0 aromatic carbocycles. The van der Waals surface area contributed by atoms with Crippen LogP contribution in [-0.4, -0.2) is 12.3 Å². The maximum Gasteiger partial charge on any atom is 0.0534 e. The standard InChI is InChI=1S/C7H10N/c1-2-7-5-3-4-6-8-7/h3-4,6-7H,1-2,5H2. The minimum absolute atomic E-state index is 0.458. The van der Waals surface area contributed by atoms with Crippen molar-refractivity contribution in [3.63, 3.8) is 0 Å². The topological polar surface area (TPSA) is 12.4 Å². The van der Waals surface area contributed by atoms with Gasteiger partial charge < -0.3 is 0 Å². The molecule has 0 amide bonds. The lowest BCUT2D eigenvalue weighted by atomic mass is 10.1. The van der Waals surface area contributed by atoms with Gasteiger partial charge in [0.15, 0.2) is 0 Å². The zero-order chi connectivity index (χ0) is 5.82. The molecule has 0 bridgehead atoms. The van der Waals surface area contributed by atoms with Gasteiger partial charge in [0.05, 0.1) is 6.04 Å². The summed E-state index contributed by atoms with van der Waals surface area (Å²) < 4.78 is 0. The van der Waals surface area contributed by atoms with E-state index < -0.39 is 0 Å². The van der Waals surface area contributed by atoms with Crippen LogP contribution in [0.4, 0.5) is 0 Å². The van der Waals surface area contributed by atoms with E-state index >= 15 is 0 Å². The van der Waals surface area contributed by atoms with Crippen LogP contribution in [0, 0.1) is 6.92 Å². The highest BCUT2D eigenvalue weighted by molar-refractivity contribution is 5.72. The Morgan fingerprint density at radius 2 is 2.62 bits per heavy atom. The van der Waals surface area contributed by atoms with Crippen LogP contribution in [0.2, 0.25) is 0 Å². The van der Waals surface area contributed by atoms with E-state index in [2.05, 4.69) is 18.0 Å². The Labute approximate surface area is 50.1 Å². The van der Waals surface area contributed by atoms with Crippen molar-refractivity contribution in [3.05, 3.63) is 19.1 Å². The van der Waals surface area contributed by atoms with Gasteiger partial charge in [-0.15, -0.1) is 0 Å². The van der Waals surface area contributed by atoms with Crippen molar-refractivity contribution >= 4 is 6.21 Å². The first-order valence-corrected chi connectivity index (χ1v) is 2.91. The zero-order valence-electron chi connectivity index (χ0n) is 4.88. The summed E-state index contributed by atoms with van der Waals surface area (Å²) in [7, 11) is 0. The summed E-state index contributed by atoms with van der Waals surface area (Å²) in [6, 6.07) is 0.458. The number of hydrogen-bond donors (Lipinski definition) is 0. The number of hydrogen-bond acceptors (Lipinski definition) is 1. The van der Waals surface area contributed by atoms with Crippen molar-refractivity contribution in [2.75, 3.05) is 0 Å². The van der Waals surface area contributed by atoms with Gasteiger partial charge in [-0.1, -0.05) is 13.0 Å². The minimum Gasteiger partial charge on any atom is -0.290 e. The maximum atomic E-state index is 4.17. The average Bonchev–Trinajstić information content (AvgIpc) is 1.90. The van der Waals surface area contributed by atoms with E-state index in [0.717, 1.165) is 12.8 Å². The monoisotopic (exact) mass is 108 g/mol. The van der Waals surface area contributed by atoms with Gasteiger partial charge in [-0.05, 0) is 18.9 Å². The summed E-state index contributed by atoms with van der Waals surface area (Å²) in [5.74, 6) is 0. The van der Waals surface area contributed by atoms with Crippen LogP contribution in [0.25, 0.3) is 0 Å². The number of dihydropyridines is 1. The molecule has 1 radical (unpaired) electrons. The molecule has 0 aromatic heterocycles. The molecule has 0 aromatic rings. The quantitative estimate of drug-likeness (QED) is 0.484. The molecule has 1 aliphatic heterocycles. The zero-order valence-corrected chi connectivity index (χ0v) is 4.88. The Morgan fingerprint density at radius 3 is 3.00 bits per heavy atom. The molecule has 8 heavy (non-hydrogen) atoms. The van der Waals surface area contributed by atoms with Crippen molar-refractivity contribution in [1.29, 1.82) is 0 Å². The van der Waals surface area contributed by atoms with Crippen molar-refractivity contribution in [2.45, 2.75) is 18.9 Å². The molecule has 0 saturated heterocycles. The Morgan fingerprint density at radius 1 is 1.75 bits per heavy atom. The second kappa shape index (κ2) is 2.65. The van der Waals surface area contributed by atoms with E-state index in [4.69, 9.17) is 0 Å². The molecule has 0 saturated carbocycles. The summed E-state index contributed by atoms with van der Waals surface area (Å²) in [4.78, 5) is 4.17. The van der Waals surface area contributed by atoms with E-state index in [1.807, 2.05) is 12.3 Å². The molecule has 0 N–H and O–H groups in total. The van der Waals surface area contributed by atoms with Gasteiger partial charge in [0.25, 0.3) is 0 Å². The van der Waals surface area contributed by atoms with Crippen molar-refractivity contribution in [3.8, 4) is 0 Å². The third kappa shape index (κ3) is 1.19. The number of aliphatic imine (C=N–C) groups is 1. The molecule has 0 aliphatic carbocycles. The normalized spacial score (nSPS) is 26.4. The second-order valence-electron chi connectivity index (χ2n) is 1.90. The smallest absolute Gasteiger partial charge is 0.0534 e. The van der Waals surface area contributed by atoms with Crippen LogP contribution in [0.1, 0.15) is 12.8 Å². The first kappa shape index (κ1) is 5.54. The lowest BCUT2D eigenvalue weighted by molar-refractivity contribution is 0.693. The molecule has 0 fully saturated rings. The molecule has 1 heteroatoms. The number of nitrogens with zero attached hydrogens (tertiary/aromatic N) is 1. The highest BCUT2D eigenvalue weighted by Crippen LogP contribution is 2.05. The van der Waals surface area contributed by atoms with Gasteiger partial charge in [-0.2, -0.15) is 0 Å². The van der Waals surface area contributed by atoms with Gasteiger partial charge in [0.1, 0.15) is 0 Å². The summed E-state index contributed by atoms with van der Waals surface area (Å²) in [5, 5.41) is 0. The fourth-order valence-electron chi connectivity index (χ4n) is 0.721. The van der Waals surface area contributed by atoms with Crippen LogP contribution in [0.3, 0.4) is 0 Å². The summed E-state index contributed by atoms with van der Waals surface area (Å²) in [5.41, 5.74) is 0. The molecule has 1 heterocycles. The first-order valence-electron chi connectivity index (χ1n) is 2.91. The fourth-order valence-corrected chi connectivity index (χ4v) is 0.721. The number of allylic oxidation sites excluding steroid dienone is 1. The number of rotatable bonds is 1. The Bertz CT molecular complexity index is 114. The van der Waals surface area contributed by atoms with Crippen LogP contribution < -0.4 is 0 Å². The van der Waals surface area contributed by atoms with E-state index in [0.29, 0.717) is 6.04 Å². The van der Waals surface area contributed by atoms with Crippen molar-refractivity contribution in [1.82, 2.24) is 0 Å². The predicted molar refractivity (Wildman–Crippen MR) is 36.0 cm³/mol. The van der Waals surface area contributed by atoms with Gasteiger partial charge in [-0.3, -0.25) is 4.99 Å². The molecule has 43 valence electrons. The fraction of sp³-hybridized carbons (Fsp3) is 0.429. The van der Waals surface area contributed by atoms with E-state index in [-0.39, 0.29) is 0 Å². The van der Waals surface area contributed by atoms with Gasteiger partial charge in [-0.25, -0.2) is 0 Å². The average molecular weight is 108 g/mol.